The highest BCUT2D eigenvalue weighted by Gasteiger charge is 2.29. The van der Waals surface area contributed by atoms with Crippen LogP contribution in [0.5, 0.6) is 0 Å². The first-order valence-corrected chi connectivity index (χ1v) is 4.27. The second-order valence-electron chi connectivity index (χ2n) is 3.17. The van der Waals surface area contributed by atoms with E-state index in [1.807, 2.05) is 6.92 Å². The average molecular weight is 154 g/mol. The Morgan fingerprint density at radius 1 is 1.64 bits per heavy atom. The highest BCUT2D eigenvalue weighted by Crippen LogP contribution is 2.27. The SMILES string of the molecule is CC[C@@H]1C(=O)CCC[C@H]1C=O. The highest BCUT2D eigenvalue weighted by atomic mass is 16.1. The molecule has 0 amide bonds. The number of carbonyl (C=O) groups is 2. The lowest BCUT2D eigenvalue weighted by Crippen LogP contribution is -2.28. The fourth-order valence-electron chi connectivity index (χ4n) is 1.83. The number of carbonyl (C=O) groups excluding carboxylic acids is 2. The van der Waals surface area contributed by atoms with E-state index in [-0.39, 0.29) is 17.6 Å². The summed E-state index contributed by atoms with van der Waals surface area (Å²) in [6, 6.07) is 0. The summed E-state index contributed by atoms with van der Waals surface area (Å²) in [4.78, 5) is 21.8. The van der Waals surface area contributed by atoms with Crippen LogP contribution in [0, 0.1) is 11.8 Å². The minimum absolute atomic E-state index is 0.0150. The summed E-state index contributed by atoms with van der Waals surface area (Å²) in [5, 5.41) is 0. The molecule has 0 radical (unpaired) electrons. The number of Topliss-reactive ketones (excluding diaryl/α,β-unsaturated/α-hetero) is 1. The molecule has 2 nitrogen and oxygen atoms in total. The van der Waals surface area contributed by atoms with Crippen molar-refractivity contribution < 1.29 is 9.59 Å². The second kappa shape index (κ2) is 3.65. The van der Waals surface area contributed by atoms with Gasteiger partial charge in [0.15, 0.2) is 0 Å². The van der Waals surface area contributed by atoms with Crippen LogP contribution in [0.1, 0.15) is 32.6 Å². The predicted molar refractivity (Wildman–Crippen MR) is 42.2 cm³/mol. The maximum Gasteiger partial charge on any atom is 0.136 e. The van der Waals surface area contributed by atoms with Crippen molar-refractivity contribution in [2.75, 3.05) is 0 Å². The van der Waals surface area contributed by atoms with E-state index in [9.17, 15) is 9.59 Å². The van der Waals surface area contributed by atoms with Crippen molar-refractivity contribution in [3.63, 3.8) is 0 Å². The summed E-state index contributed by atoms with van der Waals surface area (Å²) < 4.78 is 0. The van der Waals surface area contributed by atoms with E-state index in [4.69, 9.17) is 0 Å². The van der Waals surface area contributed by atoms with E-state index in [0.717, 1.165) is 25.5 Å². The second-order valence-corrected chi connectivity index (χ2v) is 3.17. The third-order valence-electron chi connectivity index (χ3n) is 2.51. The molecule has 2 atom stereocenters. The van der Waals surface area contributed by atoms with Crippen molar-refractivity contribution in [2.45, 2.75) is 32.6 Å². The Morgan fingerprint density at radius 2 is 2.36 bits per heavy atom. The van der Waals surface area contributed by atoms with Crippen LogP contribution in [0.25, 0.3) is 0 Å². The van der Waals surface area contributed by atoms with Gasteiger partial charge in [0.25, 0.3) is 0 Å². The van der Waals surface area contributed by atoms with Crippen molar-refractivity contribution in [3.8, 4) is 0 Å². The summed E-state index contributed by atoms with van der Waals surface area (Å²) in [7, 11) is 0. The number of hydrogen-bond acceptors (Lipinski definition) is 2. The van der Waals surface area contributed by atoms with Gasteiger partial charge in [-0.2, -0.15) is 0 Å². The lowest BCUT2D eigenvalue weighted by atomic mass is 9.78. The minimum atomic E-state index is 0.0150. The summed E-state index contributed by atoms with van der Waals surface area (Å²) in [5.74, 6) is 0.332. The van der Waals surface area contributed by atoms with Gasteiger partial charge in [0.05, 0.1) is 0 Å². The quantitative estimate of drug-likeness (QED) is 0.566. The minimum Gasteiger partial charge on any atom is -0.303 e. The van der Waals surface area contributed by atoms with E-state index < -0.39 is 0 Å². The van der Waals surface area contributed by atoms with Gasteiger partial charge >= 0.3 is 0 Å². The monoisotopic (exact) mass is 154 g/mol. The Balaban J connectivity index is 2.63. The Hall–Kier alpha value is -0.660. The maximum atomic E-state index is 11.2. The van der Waals surface area contributed by atoms with Crippen LogP contribution < -0.4 is 0 Å². The predicted octanol–water partition coefficient (Wildman–Crippen LogP) is 1.58. The van der Waals surface area contributed by atoms with Gasteiger partial charge in [0.1, 0.15) is 12.1 Å². The van der Waals surface area contributed by atoms with Gasteiger partial charge < -0.3 is 4.79 Å². The molecule has 1 saturated carbocycles. The zero-order chi connectivity index (χ0) is 8.27. The summed E-state index contributed by atoms with van der Waals surface area (Å²) >= 11 is 0. The van der Waals surface area contributed by atoms with Crippen molar-refractivity contribution in [1.29, 1.82) is 0 Å². The number of aldehydes is 1. The molecule has 0 aromatic carbocycles. The molecule has 0 spiro atoms. The average Bonchev–Trinajstić information content (AvgIpc) is 2.04. The van der Waals surface area contributed by atoms with Gasteiger partial charge in [0, 0.05) is 18.3 Å². The van der Waals surface area contributed by atoms with Crippen molar-refractivity contribution in [2.24, 2.45) is 11.8 Å². The normalized spacial score (nSPS) is 31.9. The topological polar surface area (TPSA) is 34.1 Å². The van der Waals surface area contributed by atoms with Crippen LogP contribution in [0.3, 0.4) is 0 Å². The molecular formula is C9H14O2. The Bertz CT molecular complexity index is 163. The molecule has 2 heteroatoms. The first-order chi connectivity index (χ1) is 5.29. The van der Waals surface area contributed by atoms with E-state index in [1.165, 1.54) is 0 Å². The molecule has 62 valence electrons. The van der Waals surface area contributed by atoms with E-state index in [1.54, 1.807) is 0 Å². The van der Waals surface area contributed by atoms with Crippen LogP contribution in [0.15, 0.2) is 0 Å². The van der Waals surface area contributed by atoms with E-state index in [2.05, 4.69) is 0 Å². The molecule has 1 aliphatic rings. The van der Waals surface area contributed by atoms with E-state index >= 15 is 0 Å². The van der Waals surface area contributed by atoms with E-state index in [0.29, 0.717) is 6.42 Å². The molecule has 1 aliphatic carbocycles. The van der Waals surface area contributed by atoms with Gasteiger partial charge in [-0.05, 0) is 19.3 Å². The van der Waals surface area contributed by atoms with Crippen LogP contribution in [0.4, 0.5) is 0 Å². The summed E-state index contributed by atoms with van der Waals surface area (Å²) in [5.41, 5.74) is 0. The van der Waals surface area contributed by atoms with Gasteiger partial charge in [-0.1, -0.05) is 6.92 Å². The molecule has 0 aromatic heterocycles. The molecular weight excluding hydrogens is 140 g/mol. The Labute approximate surface area is 67.0 Å². The molecule has 11 heavy (non-hydrogen) atoms. The van der Waals surface area contributed by atoms with Crippen molar-refractivity contribution in [1.82, 2.24) is 0 Å². The first kappa shape index (κ1) is 8.44. The lowest BCUT2D eigenvalue weighted by Gasteiger charge is -2.24. The zero-order valence-electron chi connectivity index (χ0n) is 6.88. The van der Waals surface area contributed by atoms with Gasteiger partial charge in [-0.25, -0.2) is 0 Å². The molecule has 0 unspecified atom stereocenters. The third kappa shape index (κ3) is 1.67. The Kier molecular flexibility index (Phi) is 2.80. The van der Waals surface area contributed by atoms with Crippen molar-refractivity contribution >= 4 is 12.1 Å². The van der Waals surface area contributed by atoms with Gasteiger partial charge in [0.2, 0.25) is 0 Å². The maximum absolute atomic E-state index is 11.2. The van der Waals surface area contributed by atoms with Crippen LogP contribution >= 0.6 is 0 Å². The fraction of sp³-hybridized carbons (Fsp3) is 0.778. The third-order valence-corrected chi connectivity index (χ3v) is 2.51. The molecule has 1 rings (SSSR count). The van der Waals surface area contributed by atoms with Crippen LogP contribution in [-0.2, 0) is 9.59 Å². The molecule has 1 fully saturated rings. The molecule has 0 heterocycles. The molecule has 0 N–H and O–H groups in total. The molecule has 0 bridgehead atoms. The number of hydrogen-bond donors (Lipinski definition) is 0. The van der Waals surface area contributed by atoms with Gasteiger partial charge in [-0.3, -0.25) is 4.79 Å². The zero-order valence-corrected chi connectivity index (χ0v) is 6.88. The molecule has 0 saturated heterocycles. The number of rotatable bonds is 2. The smallest absolute Gasteiger partial charge is 0.136 e. The fourth-order valence-corrected chi connectivity index (χ4v) is 1.83. The van der Waals surface area contributed by atoms with Crippen molar-refractivity contribution in [3.05, 3.63) is 0 Å². The molecule has 0 aromatic rings. The first-order valence-electron chi connectivity index (χ1n) is 4.27. The lowest BCUT2D eigenvalue weighted by molar-refractivity contribution is -0.130. The largest absolute Gasteiger partial charge is 0.303 e. The Morgan fingerprint density at radius 3 is 2.82 bits per heavy atom. The standard InChI is InChI=1S/C9H14O2/c1-2-8-7(6-10)4-3-5-9(8)11/h6-8H,2-5H2,1H3/t7-,8-/m0/s1. The van der Waals surface area contributed by atoms with Crippen LogP contribution in [-0.4, -0.2) is 12.1 Å². The summed E-state index contributed by atoms with van der Waals surface area (Å²) in [6.45, 7) is 1.98. The number of ketones is 1. The highest BCUT2D eigenvalue weighted by molar-refractivity contribution is 5.84. The van der Waals surface area contributed by atoms with Crippen LogP contribution in [0.2, 0.25) is 0 Å². The van der Waals surface area contributed by atoms with Gasteiger partial charge in [-0.15, -0.1) is 0 Å². The molecule has 0 aliphatic heterocycles. The summed E-state index contributed by atoms with van der Waals surface area (Å²) in [6.07, 6.45) is 4.27.